The van der Waals surface area contributed by atoms with E-state index in [0.717, 1.165) is 68.5 Å². The summed E-state index contributed by atoms with van der Waals surface area (Å²) < 4.78 is 0. The van der Waals surface area contributed by atoms with Gasteiger partial charge in [0.15, 0.2) is 0 Å². The minimum Gasteiger partial charge on any atom is -0.393 e. The molecule has 0 bridgehead atoms. The van der Waals surface area contributed by atoms with Crippen molar-refractivity contribution in [3.63, 3.8) is 0 Å². The number of carbonyl (C=O) groups excluding carboxylic acids is 1. The molecule has 4 saturated carbocycles. The Morgan fingerprint density at radius 2 is 1.67 bits per heavy atom. The summed E-state index contributed by atoms with van der Waals surface area (Å²) in [6.07, 6.45) is 13.1. The lowest BCUT2D eigenvalue weighted by Gasteiger charge is -2.61. The molecule has 4 aliphatic carbocycles. The lowest BCUT2D eigenvalue weighted by Crippen LogP contribution is -2.54. The number of nitrogens with one attached hydrogen (secondary N) is 1. The molecule has 9 atom stereocenters. The quantitative estimate of drug-likeness (QED) is 0.343. The molecular weight excluding hydrogens is 448 g/mol. The molecule has 0 aromatic heterocycles. The van der Waals surface area contributed by atoms with Crippen LogP contribution in [0, 0.1) is 46.3 Å². The van der Waals surface area contributed by atoms with Gasteiger partial charge in [0, 0.05) is 45.7 Å². The fraction of sp³-hybridized carbons (Fsp3) is 0.967. The third-order valence-electron chi connectivity index (χ3n) is 11.9. The molecule has 6 heteroatoms. The molecule has 0 aliphatic heterocycles. The zero-order chi connectivity index (χ0) is 25.9. The molecule has 0 radical (unpaired) electrons. The molecule has 1 amide bonds. The highest BCUT2D eigenvalue weighted by Gasteiger charge is 2.60. The Morgan fingerprint density at radius 3 is 2.39 bits per heavy atom. The predicted octanol–water partition coefficient (Wildman–Crippen LogP) is 3.76. The zero-order valence-electron chi connectivity index (χ0n) is 23.5. The number of aliphatic hydroxyl groups excluding tert-OH is 1. The largest absolute Gasteiger partial charge is 0.393 e. The van der Waals surface area contributed by atoms with Crippen molar-refractivity contribution in [2.75, 3.05) is 39.3 Å². The van der Waals surface area contributed by atoms with Gasteiger partial charge in [-0.25, -0.2) is 0 Å². The third kappa shape index (κ3) is 5.67. The number of nitrogens with zero attached hydrogens (tertiary/aromatic N) is 1. The van der Waals surface area contributed by atoms with Crippen LogP contribution in [0.15, 0.2) is 0 Å². The van der Waals surface area contributed by atoms with Crippen molar-refractivity contribution in [2.45, 2.75) is 97.5 Å². The Bertz CT molecular complexity index is 728. The van der Waals surface area contributed by atoms with Crippen molar-refractivity contribution in [2.24, 2.45) is 57.8 Å². The Labute approximate surface area is 220 Å². The van der Waals surface area contributed by atoms with E-state index in [1.165, 1.54) is 44.9 Å². The van der Waals surface area contributed by atoms with E-state index >= 15 is 0 Å². The number of rotatable bonds is 11. The lowest BCUT2D eigenvalue weighted by molar-refractivity contribution is -0.129. The van der Waals surface area contributed by atoms with Gasteiger partial charge in [-0.2, -0.15) is 0 Å². The first-order chi connectivity index (χ1) is 17.2. The molecule has 208 valence electrons. The number of carbonyl (C=O) groups is 1. The summed E-state index contributed by atoms with van der Waals surface area (Å²) in [5.41, 5.74) is 12.3. The van der Waals surface area contributed by atoms with E-state index in [-0.39, 0.29) is 12.0 Å². The summed E-state index contributed by atoms with van der Waals surface area (Å²) in [5.74, 6) is 4.88. The summed E-state index contributed by atoms with van der Waals surface area (Å²) in [6.45, 7) is 12.0. The van der Waals surface area contributed by atoms with E-state index in [2.05, 4.69) is 31.0 Å². The van der Waals surface area contributed by atoms with Crippen LogP contribution in [-0.4, -0.2) is 61.3 Å². The molecule has 36 heavy (non-hydrogen) atoms. The van der Waals surface area contributed by atoms with Crippen LogP contribution in [0.3, 0.4) is 0 Å². The topological polar surface area (TPSA) is 105 Å². The maximum Gasteiger partial charge on any atom is 0.220 e. The Kier molecular flexibility index (Phi) is 9.45. The molecule has 0 saturated heterocycles. The summed E-state index contributed by atoms with van der Waals surface area (Å²) in [6, 6.07) is 0. The maximum absolute atomic E-state index is 12.6. The van der Waals surface area contributed by atoms with Crippen LogP contribution in [0.1, 0.15) is 91.4 Å². The van der Waals surface area contributed by atoms with E-state index in [1.54, 1.807) is 0 Å². The second-order valence-electron chi connectivity index (χ2n) is 13.6. The van der Waals surface area contributed by atoms with Crippen molar-refractivity contribution in [3.8, 4) is 0 Å². The third-order valence-corrected chi connectivity index (χ3v) is 11.9. The monoisotopic (exact) mass is 504 g/mol. The van der Waals surface area contributed by atoms with Gasteiger partial charge in [0.05, 0.1) is 6.10 Å². The van der Waals surface area contributed by atoms with E-state index in [0.29, 0.717) is 42.8 Å². The molecule has 6 nitrogen and oxygen atoms in total. The van der Waals surface area contributed by atoms with E-state index < -0.39 is 0 Å². The average molecular weight is 505 g/mol. The number of fused-ring (bicyclic) bond motifs is 5. The number of nitrogens with two attached hydrogens (primary N) is 2. The molecular formula is C30H56N4O2. The van der Waals surface area contributed by atoms with Crippen molar-refractivity contribution >= 4 is 5.91 Å². The summed E-state index contributed by atoms with van der Waals surface area (Å²) >= 11 is 0. The van der Waals surface area contributed by atoms with Crippen LogP contribution in [0.25, 0.3) is 0 Å². The minimum atomic E-state index is -0.0572. The Hall–Kier alpha value is -0.690. The second-order valence-corrected chi connectivity index (χ2v) is 13.6. The highest BCUT2D eigenvalue weighted by molar-refractivity contribution is 5.75. The molecule has 0 heterocycles. The Morgan fingerprint density at radius 1 is 0.972 bits per heavy atom. The smallest absolute Gasteiger partial charge is 0.220 e. The summed E-state index contributed by atoms with van der Waals surface area (Å²) in [5, 5.41) is 13.4. The molecule has 6 N–H and O–H groups in total. The van der Waals surface area contributed by atoms with Crippen LogP contribution in [0.2, 0.25) is 0 Å². The molecule has 4 rings (SSSR count). The highest BCUT2D eigenvalue weighted by atomic mass is 16.3. The molecule has 4 aliphatic rings. The number of hydrogen-bond acceptors (Lipinski definition) is 5. The highest BCUT2D eigenvalue weighted by Crippen LogP contribution is 2.68. The molecule has 4 fully saturated rings. The van der Waals surface area contributed by atoms with Gasteiger partial charge in [0.25, 0.3) is 0 Å². The van der Waals surface area contributed by atoms with Crippen molar-refractivity contribution in [3.05, 3.63) is 0 Å². The van der Waals surface area contributed by atoms with Gasteiger partial charge in [-0.1, -0.05) is 20.8 Å². The van der Waals surface area contributed by atoms with Gasteiger partial charge in [-0.3, -0.25) is 9.69 Å². The first-order valence-corrected chi connectivity index (χ1v) is 15.3. The average Bonchev–Trinajstić information content (AvgIpc) is 3.20. The molecule has 0 unspecified atom stereocenters. The van der Waals surface area contributed by atoms with Gasteiger partial charge in [0.2, 0.25) is 5.91 Å². The van der Waals surface area contributed by atoms with E-state index in [1.807, 2.05) is 0 Å². The van der Waals surface area contributed by atoms with Crippen molar-refractivity contribution < 1.29 is 9.90 Å². The zero-order valence-corrected chi connectivity index (χ0v) is 23.5. The van der Waals surface area contributed by atoms with E-state index in [9.17, 15) is 9.90 Å². The van der Waals surface area contributed by atoms with Gasteiger partial charge < -0.3 is 21.9 Å². The lowest BCUT2D eigenvalue weighted by atomic mass is 9.44. The number of hydrogen-bond donors (Lipinski definition) is 4. The van der Waals surface area contributed by atoms with Gasteiger partial charge in [-0.15, -0.1) is 0 Å². The van der Waals surface area contributed by atoms with E-state index in [4.69, 9.17) is 11.5 Å². The van der Waals surface area contributed by atoms with Crippen LogP contribution >= 0.6 is 0 Å². The summed E-state index contributed by atoms with van der Waals surface area (Å²) in [4.78, 5) is 14.8. The molecule has 0 spiro atoms. The summed E-state index contributed by atoms with van der Waals surface area (Å²) in [7, 11) is 0. The van der Waals surface area contributed by atoms with Gasteiger partial charge in [-0.05, 0) is 111 Å². The second kappa shape index (κ2) is 12.0. The first kappa shape index (κ1) is 28.3. The number of amides is 1. The fourth-order valence-electron chi connectivity index (χ4n) is 9.91. The SMILES string of the molecule is C[C@H](CCC(=O)NCCN(CCN)CCN)[C@H]1CC[C@H]2[C@@H]3CC[C@@H]4C[C@H](O)CC[C@]4(C)[C@H]3CC[C@]12C. The molecule has 0 aromatic rings. The first-order valence-electron chi connectivity index (χ1n) is 15.3. The predicted molar refractivity (Wildman–Crippen MR) is 147 cm³/mol. The Balaban J connectivity index is 1.28. The fourth-order valence-corrected chi connectivity index (χ4v) is 9.91. The normalized spacial score (nSPS) is 40.9. The van der Waals surface area contributed by atoms with Crippen LogP contribution in [-0.2, 0) is 4.79 Å². The molecule has 0 aromatic carbocycles. The number of aliphatic hydroxyl groups is 1. The van der Waals surface area contributed by atoms with Gasteiger partial charge in [0.1, 0.15) is 0 Å². The van der Waals surface area contributed by atoms with Crippen molar-refractivity contribution in [1.29, 1.82) is 0 Å². The van der Waals surface area contributed by atoms with Crippen molar-refractivity contribution in [1.82, 2.24) is 10.2 Å². The standard InChI is InChI=1S/C30H56N4O2/c1-21(4-9-28(36)33-16-19-34(17-14-31)18-15-32)25-7-8-26-24-6-5-22-20-23(35)10-12-29(22,2)27(24)11-13-30(25,26)3/h21-27,35H,4-20,31-32H2,1-3H3,(H,33,36)/t21-,22-,23-,24+,25-,26+,27+,29+,30-/m1/s1. The van der Waals surface area contributed by atoms with Crippen LogP contribution in [0.5, 0.6) is 0 Å². The van der Waals surface area contributed by atoms with Gasteiger partial charge >= 0.3 is 0 Å². The van der Waals surface area contributed by atoms with Crippen LogP contribution in [0.4, 0.5) is 0 Å². The minimum absolute atomic E-state index is 0.0572. The van der Waals surface area contributed by atoms with Crippen LogP contribution < -0.4 is 16.8 Å². The maximum atomic E-state index is 12.6.